The molecule has 0 aromatic carbocycles. The summed E-state index contributed by atoms with van der Waals surface area (Å²) in [6.45, 7) is 2.65. The summed E-state index contributed by atoms with van der Waals surface area (Å²) in [5.41, 5.74) is 3.26. The van der Waals surface area contributed by atoms with Crippen molar-refractivity contribution in [1.29, 1.82) is 0 Å². The molecule has 4 N–H and O–H groups in total. The fourth-order valence-electron chi connectivity index (χ4n) is 4.84. The maximum absolute atomic E-state index is 13.4. The van der Waals surface area contributed by atoms with Gasteiger partial charge in [0.2, 0.25) is 12.4 Å². The van der Waals surface area contributed by atoms with Crippen molar-refractivity contribution in [2.75, 3.05) is 17.2 Å². The van der Waals surface area contributed by atoms with Crippen LogP contribution in [0.1, 0.15) is 49.4 Å². The number of fused-ring (bicyclic) bond motifs is 1. The largest absolute Gasteiger partial charge is 0.390 e. The Kier molecular flexibility index (Phi) is 5.81. The Labute approximate surface area is 205 Å². The zero-order chi connectivity index (χ0) is 24.3. The summed E-state index contributed by atoms with van der Waals surface area (Å²) in [6, 6.07) is 1.17. The molecule has 6 rings (SSSR count). The molecule has 186 valence electrons. The molecule has 3 aliphatic carbocycles. The first-order valence-corrected chi connectivity index (χ1v) is 13.0. The van der Waals surface area contributed by atoms with Crippen LogP contribution in [0.3, 0.4) is 0 Å². The molecule has 0 amide bonds. The molecular weight excluding hydrogens is 474 g/mol. The van der Waals surface area contributed by atoms with Gasteiger partial charge in [-0.25, -0.2) is 18.7 Å². The van der Waals surface area contributed by atoms with E-state index in [-0.39, 0.29) is 6.42 Å². The minimum absolute atomic E-state index is 0.0665. The highest BCUT2D eigenvalue weighted by Crippen LogP contribution is 2.45. The van der Waals surface area contributed by atoms with Gasteiger partial charge < -0.3 is 20.8 Å². The molecule has 3 aliphatic rings. The number of hydrogen-bond acceptors (Lipinski definition) is 9. The molecule has 3 aromatic heterocycles. The van der Waals surface area contributed by atoms with Gasteiger partial charge in [-0.05, 0) is 51.0 Å². The Hall–Kier alpha value is -2.50. The van der Waals surface area contributed by atoms with Crippen molar-refractivity contribution < 1.29 is 19.0 Å². The molecule has 3 heterocycles. The molecule has 0 radical (unpaired) electrons. The van der Waals surface area contributed by atoms with Crippen LogP contribution in [0, 0.1) is 18.8 Å². The topological polar surface area (TPSA) is 116 Å². The van der Waals surface area contributed by atoms with Gasteiger partial charge in [-0.3, -0.25) is 4.98 Å². The summed E-state index contributed by atoms with van der Waals surface area (Å²) < 4.78 is 27.8. The van der Waals surface area contributed by atoms with Crippen LogP contribution in [0.4, 0.5) is 20.5 Å². The van der Waals surface area contributed by atoms with Gasteiger partial charge in [-0.15, -0.1) is 11.3 Å². The van der Waals surface area contributed by atoms with Gasteiger partial charge in [0.05, 0.1) is 39.7 Å². The summed E-state index contributed by atoms with van der Waals surface area (Å²) in [5, 5.41) is 27.8. The number of rotatable bonds is 8. The third kappa shape index (κ3) is 4.45. The number of aryl methyl sites for hydroxylation is 1. The number of nitrogens with zero attached hydrogens (tertiary/aromatic N) is 4. The predicted molar refractivity (Wildman–Crippen MR) is 130 cm³/mol. The van der Waals surface area contributed by atoms with E-state index in [1.807, 2.05) is 19.2 Å². The summed E-state index contributed by atoms with van der Waals surface area (Å²) in [4.78, 5) is 18.8. The third-order valence-corrected chi connectivity index (χ3v) is 8.26. The summed E-state index contributed by atoms with van der Waals surface area (Å²) >= 11 is 1.51. The number of nitrogens with one attached hydrogen (secondary N) is 2. The van der Waals surface area contributed by atoms with E-state index in [1.165, 1.54) is 24.2 Å². The smallest absolute Gasteiger partial charge is 0.244 e. The van der Waals surface area contributed by atoms with Crippen molar-refractivity contribution in [3.8, 4) is 10.6 Å². The van der Waals surface area contributed by atoms with Crippen LogP contribution in [0.5, 0.6) is 0 Å². The van der Waals surface area contributed by atoms with E-state index in [9.17, 15) is 19.0 Å². The van der Waals surface area contributed by atoms with Crippen LogP contribution in [-0.4, -0.2) is 61.4 Å². The Bertz CT molecular complexity index is 1250. The molecular formula is C24H28F2N6O2S. The molecule has 11 heteroatoms. The lowest BCUT2D eigenvalue weighted by molar-refractivity contribution is -0.0333. The highest BCUT2D eigenvalue weighted by atomic mass is 32.1. The maximum atomic E-state index is 13.4. The number of alkyl halides is 2. The molecule has 3 saturated carbocycles. The molecule has 0 saturated heterocycles. The normalized spacial score (nSPS) is 26.6. The molecule has 4 atom stereocenters. The average molecular weight is 503 g/mol. The second-order valence-corrected chi connectivity index (χ2v) is 11.0. The van der Waals surface area contributed by atoms with Gasteiger partial charge in [-0.2, -0.15) is 4.98 Å². The van der Waals surface area contributed by atoms with Crippen molar-refractivity contribution in [2.45, 2.75) is 69.6 Å². The van der Waals surface area contributed by atoms with Crippen LogP contribution in [0.2, 0.25) is 0 Å². The fraction of sp³-hybridized carbons (Fsp3) is 0.583. The van der Waals surface area contributed by atoms with E-state index in [4.69, 9.17) is 4.98 Å². The van der Waals surface area contributed by atoms with Crippen molar-refractivity contribution in [3.63, 3.8) is 0 Å². The number of halogens is 2. The summed E-state index contributed by atoms with van der Waals surface area (Å²) in [5.74, 6) is 0.628. The quantitative estimate of drug-likeness (QED) is 0.366. The molecule has 35 heavy (non-hydrogen) atoms. The van der Waals surface area contributed by atoms with Crippen molar-refractivity contribution in [2.24, 2.45) is 11.8 Å². The molecule has 3 aromatic rings. The molecule has 0 bridgehead atoms. The van der Waals surface area contributed by atoms with E-state index in [1.54, 1.807) is 0 Å². The molecule has 8 nitrogen and oxygen atoms in total. The standard InChI is InChI=1S/C24H28F2N6O2S/c1-10-16(23-31-18-15(35-23)6-7-27-17(18)12-4-5-12)22(32-24(29-10)28-9-11-2-3-11)30-14-8-13(21(25)26)19(33)20(14)34/h6-7,11-14,19-21,33-34H,2-5,8-9H2,1H3,(H2,28,29,30,32)/t13-,14+,19+,20-/m0/s1. The zero-order valence-corrected chi connectivity index (χ0v) is 20.1. The highest BCUT2D eigenvalue weighted by Gasteiger charge is 2.46. The van der Waals surface area contributed by atoms with Gasteiger partial charge in [0, 0.05) is 18.7 Å². The van der Waals surface area contributed by atoms with E-state index in [0.717, 1.165) is 35.3 Å². The molecule has 0 aliphatic heterocycles. The van der Waals surface area contributed by atoms with Gasteiger partial charge in [0.15, 0.2) is 0 Å². The maximum Gasteiger partial charge on any atom is 0.244 e. The van der Waals surface area contributed by atoms with E-state index < -0.39 is 30.6 Å². The number of hydrogen-bond donors (Lipinski definition) is 4. The number of pyridine rings is 1. The first-order valence-electron chi connectivity index (χ1n) is 12.2. The molecule has 0 spiro atoms. The Morgan fingerprint density at radius 1 is 1.11 bits per heavy atom. The van der Waals surface area contributed by atoms with Crippen LogP contribution < -0.4 is 10.6 Å². The number of aromatic nitrogens is 4. The lowest BCUT2D eigenvalue weighted by atomic mass is 10.1. The Balaban J connectivity index is 1.39. The van der Waals surface area contributed by atoms with Crippen molar-refractivity contribution in [3.05, 3.63) is 23.7 Å². The number of anilines is 2. The molecule has 3 fully saturated rings. The van der Waals surface area contributed by atoms with Gasteiger partial charge in [-0.1, -0.05) is 0 Å². The fourth-order valence-corrected chi connectivity index (χ4v) is 5.91. The lowest BCUT2D eigenvalue weighted by Crippen LogP contribution is -2.36. The van der Waals surface area contributed by atoms with Crippen LogP contribution in [-0.2, 0) is 0 Å². The Morgan fingerprint density at radius 3 is 2.60 bits per heavy atom. The first-order chi connectivity index (χ1) is 16.9. The van der Waals surface area contributed by atoms with Gasteiger partial charge >= 0.3 is 0 Å². The number of aliphatic hydroxyl groups excluding tert-OH is 2. The minimum Gasteiger partial charge on any atom is -0.390 e. The van der Waals surface area contributed by atoms with Gasteiger partial charge in [0.25, 0.3) is 0 Å². The zero-order valence-electron chi connectivity index (χ0n) is 19.3. The molecule has 0 unspecified atom stereocenters. The third-order valence-electron chi connectivity index (χ3n) is 7.22. The second-order valence-electron chi connectivity index (χ2n) is 9.98. The minimum atomic E-state index is -2.72. The van der Waals surface area contributed by atoms with Gasteiger partial charge in [0.1, 0.15) is 22.4 Å². The predicted octanol–water partition coefficient (Wildman–Crippen LogP) is 3.94. The monoisotopic (exact) mass is 502 g/mol. The van der Waals surface area contributed by atoms with Crippen molar-refractivity contribution >= 4 is 33.3 Å². The average Bonchev–Trinajstić information content (AvgIpc) is 3.75. The second kappa shape index (κ2) is 8.86. The highest BCUT2D eigenvalue weighted by molar-refractivity contribution is 7.21. The number of thiazole rings is 1. The number of aliphatic hydroxyl groups is 2. The lowest BCUT2D eigenvalue weighted by Gasteiger charge is -2.21. The summed E-state index contributed by atoms with van der Waals surface area (Å²) in [7, 11) is 0. The Morgan fingerprint density at radius 2 is 1.91 bits per heavy atom. The van der Waals surface area contributed by atoms with E-state index in [2.05, 4.69) is 25.6 Å². The van der Waals surface area contributed by atoms with E-state index >= 15 is 0 Å². The van der Waals surface area contributed by atoms with Crippen LogP contribution >= 0.6 is 11.3 Å². The van der Waals surface area contributed by atoms with Crippen molar-refractivity contribution in [1.82, 2.24) is 19.9 Å². The first kappa shape index (κ1) is 22.9. The SMILES string of the molecule is Cc1nc(NCC2CC2)nc(N[C@@H]2C[C@H](C(F)F)[C@@H](O)[C@H]2O)c1-c1nc2c(C3CC3)nccc2s1. The summed E-state index contributed by atoms with van der Waals surface area (Å²) in [6.07, 6.45) is 0.784. The van der Waals surface area contributed by atoms with Crippen LogP contribution in [0.15, 0.2) is 12.3 Å². The van der Waals surface area contributed by atoms with E-state index in [0.29, 0.717) is 39.9 Å². The van der Waals surface area contributed by atoms with Crippen LogP contribution in [0.25, 0.3) is 20.8 Å².